The number of halogens is 3. The van der Waals surface area contributed by atoms with Crippen LogP contribution in [0.1, 0.15) is 37.9 Å². The molecule has 204 valence electrons. The molecule has 0 atom stereocenters. The lowest BCUT2D eigenvalue weighted by atomic mass is 9.94. The lowest BCUT2D eigenvalue weighted by Gasteiger charge is -2.35. The molecule has 0 spiro atoms. The van der Waals surface area contributed by atoms with Crippen molar-refractivity contribution in [2.45, 2.75) is 45.8 Å². The van der Waals surface area contributed by atoms with Gasteiger partial charge in [0.1, 0.15) is 23.9 Å². The summed E-state index contributed by atoms with van der Waals surface area (Å²) in [7, 11) is 0. The van der Waals surface area contributed by atoms with Crippen LogP contribution < -0.4 is 9.80 Å². The first-order chi connectivity index (χ1) is 18.6. The zero-order chi connectivity index (χ0) is 27.7. The zero-order valence-electron chi connectivity index (χ0n) is 22.0. The molecule has 0 saturated carbocycles. The standard InChI is InChI=1S/C28H29ClF2N6O2/c1-17-13-33-23(22-4-7-32-27(35-22)36-8-5-28(3,38)6-9-36)12-25(17)37-15-20(29)26(10-18(37)2)39-16-24-21(31)11-19(30)14-34-24/h4,7,10-14,38H,5-6,8-9,15-16H2,1-3H3. The van der Waals surface area contributed by atoms with Gasteiger partial charge in [0.25, 0.3) is 0 Å². The molecule has 5 heterocycles. The Balaban J connectivity index is 1.34. The Kier molecular flexibility index (Phi) is 7.51. The summed E-state index contributed by atoms with van der Waals surface area (Å²) in [5.41, 5.74) is 3.45. The molecule has 39 heavy (non-hydrogen) atoms. The molecule has 2 aliphatic rings. The quantitative estimate of drug-likeness (QED) is 0.441. The largest absolute Gasteiger partial charge is 0.486 e. The molecule has 11 heteroatoms. The van der Waals surface area contributed by atoms with E-state index in [-0.39, 0.29) is 12.3 Å². The SMILES string of the molecule is CC1=CC(OCc2ncc(F)cc2F)=C(Cl)CN1c1cc(-c2ccnc(N3CCC(C)(O)CC3)n2)ncc1C. The third-order valence-electron chi connectivity index (χ3n) is 6.97. The second-order valence-corrected chi connectivity index (χ2v) is 10.5. The Bertz CT molecular complexity index is 1450. The van der Waals surface area contributed by atoms with E-state index in [9.17, 15) is 13.9 Å². The molecule has 8 nitrogen and oxygen atoms in total. The van der Waals surface area contributed by atoms with Crippen molar-refractivity contribution in [1.29, 1.82) is 0 Å². The van der Waals surface area contributed by atoms with E-state index in [1.807, 2.05) is 37.8 Å². The Labute approximate surface area is 230 Å². The summed E-state index contributed by atoms with van der Waals surface area (Å²) < 4.78 is 32.8. The van der Waals surface area contributed by atoms with Crippen LogP contribution in [0.2, 0.25) is 0 Å². The minimum Gasteiger partial charge on any atom is -0.486 e. The fraction of sp³-hybridized carbons (Fsp3) is 0.357. The molecule has 0 bridgehead atoms. The Morgan fingerprint density at radius 1 is 1.08 bits per heavy atom. The Hall–Kier alpha value is -3.63. The van der Waals surface area contributed by atoms with E-state index < -0.39 is 17.2 Å². The van der Waals surface area contributed by atoms with Crippen LogP contribution in [-0.4, -0.2) is 50.3 Å². The predicted octanol–water partition coefficient (Wildman–Crippen LogP) is 5.26. The molecular formula is C28H29ClF2N6O2. The molecule has 0 amide bonds. The van der Waals surface area contributed by atoms with Gasteiger partial charge >= 0.3 is 0 Å². The number of hydrogen-bond acceptors (Lipinski definition) is 8. The third kappa shape index (κ3) is 6.02. The number of piperidine rings is 1. The van der Waals surface area contributed by atoms with Gasteiger partial charge in [0.15, 0.2) is 5.82 Å². The molecule has 0 aliphatic carbocycles. The summed E-state index contributed by atoms with van der Waals surface area (Å²) in [6, 6.07) is 4.56. The van der Waals surface area contributed by atoms with Crippen molar-refractivity contribution in [1.82, 2.24) is 19.9 Å². The Morgan fingerprint density at radius 3 is 2.59 bits per heavy atom. The van der Waals surface area contributed by atoms with E-state index >= 15 is 0 Å². The molecule has 1 N–H and O–H groups in total. The van der Waals surface area contributed by atoms with E-state index in [1.54, 1.807) is 18.5 Å². The van der Waals surface area contributed by atoms with Gasteiger partial charge in [0.2, 0.25) is 5.95 Å². The molecule has 0 aromatic carbocycles. The normalized spacial score (nSPS) is 17.4. The summed E-state index contributed by atoms with van der Waals surface area (Å²) >= 11 is 6.59. The van der Waals surface area contributed by atoms with Crippen molar-refractivity contribution >= 4 is 23.2 Å². The number of aryl methyl sites for hydroxylation is 1. The first-order valence-electron chi connectivity index (χ1n) is 12.6. The zero-order valence-corrected chi connectivity index (χ0v) is 22.7. The number of pyridine rings is 2. The maximum Gasteiger partial charge on any atom is 0.225 e. The van der Waals surface area contributed by atoms with Crippen LogP contribution in [0.25, 0.3) is 11.4 Å². The smallest absolute Gasteiger partial charge is 0.225 e. The van der Waals surface area contributed by atoms with Gasteiger partial charge < -0.3 is 19.6 Å². The lowest BCUT2D eigenvalue weighted by Crippen LogP contribution is -2.43. The van der Waals surface area contributed by atoms with Crippen molar-refractivity contribution in [3.63, 3.8) is 0 Å². The van der Waals surface area contributed by atoms with Gasteiger partial charge in [-0.15, -0.1) is 0 Å². The fourth-order valence-corrected chi connectivity index (χ4v) is 4.78. The molecule has 2 aliphatic heterocycles. The number of nitrogens with zero attached hydrogens (tertiary/aromatic N) is 6. The second kappa shape index (κ2) is 10.9. The van der Waals surface area contributed by atoms with Gasteiger partial charge in [-0.1, -0.05) is 11.6 Å². The van der Waals surface area contributed by atoms with Crippen LogP contribution in [0.5, 0.6) is 0 Å². The maximum atomic E-state index is 14.0. The minimum absolute atomic E-state index is 0.00405. The summed E-state index contributed by atoms with van der Waals surface area (Å²) in [4.78, 5) is 21.7. The van der Waals surface area contributed by atoms with Gasteiger partial charge in [-0.25, -0.2) is 18.7 Å². The van der Waals surface area contributed by atoms with Gasteiger partial charge in [-0.3, -0.25) is 9.97 Å². The molecule has 1 fully saturated rings. The number of aliphatic hydroxyl groups is 1. The van der Waals surface area contributed by atoms with Gasteiger partial charge in [0.05, 0.1) is 34.8 Å². The van der Waals surface area contributed by atoms with E-state index in [0.717, 1.165) is 29.2 Å². The average Bonchev–Trinajstić information content (AvgIpc) is 2.90. The first kappa shape index (κ1) is 27.0. The predicted molar refractivity (Wildman–Crippen MR) is 145 cm³/mol. The fourth-order valence-electron chi connectivity index (χ4n) is 4.55. The van der Waals surface area contributed by atoms with Crippen LogP contribution in [0, 0.1) is 18.6 Å². The average molecular weight is 555 g/mol. The van der Waals surface area contributed by atoms with Crippen LogP contribution >= 0.6 is 11.6 Å². The van der Waals surface area contributed by atoms with Crippen LogP contribution in [0.3, 0.4) is 0 Å². The van der Waals surface area contributed by atoms with Crippen LogP contribution in [0.15, 0.2) is 59.4 Å². The molecule has 0 unspecified atom stereocenters. The van der Waals surface area contributed by atoms with Crippen molar-refractivity contribution in [2.75, 3.05) is 29.4 Å². The molecule has 1 saturated heterocycles. The van der Waals surface area contributed by atoms with E-state index in [1.165, 1.54) is 0 Å². The van der Waals surface area contributed by atoms with Crippen molar-refractivity contribution in [2.24, 2.45) is 0 Å². The van der Waals surface area contributed by atoms with Gasteiger partial charge in [0, 0.05) is 49.0 Å². The number of rotatable bonds is 6. The topological polar surface area (TPSA) is 87.5 Å². The molecule has 5 rings (SSSR count). The van der Waals surface area contributed by atoms with E-state index in [4.69, 9.17) is 21.3 Å². The summed E-state index contributed by atoms with van der Waals surface area (Å²) in [5, 5.41) is 10.7. The molecular weight excluding hydrogens is 526 g/mol. The highest BCUT2D eigenvalue weighted by Crippen LogP contribution is 2.33. The van der Waals surface area contributed by atoms with Gasteiger partial charge in [-0.2, -0.15) is 0 Å². The highest BCUT2D eigenvalue weighted by molar-refractivity contribution is 6.30. The monoisotopic (exact) mass is 554 g/mol. The van der Waals surface area contributed by atoms with Crippen LogP contribution in [0.4, 0.5) is 20.4 Å². The van der Waals surface area contributed by atoms with Crippen molar-refractivity contribution in [3.05, 3.63) is 82.2 Å². The van der Waals surface area contributed by atoms with E-state index in [0.29, 0.717) is 60.6 Å². The minimum atomic E-state index is -0.773. The lowest BCUT2D eigenvalue weighted by molar-refractivity contribution is 0.0349. The number of ether oxygens (including phenoxy) is 1. The maximum absolute atomic E-state index is 14.0. The van der Waals surface area contributed by atoms with Crippen LogP contribution in [-0.2, 0) is 11.3 Å². The van der Waals surface area contributed by atoms with E-state index in [2.05, 4.69) is 19.9 Å². The second-order valence-electron chi connectivity index (χ2n) is 10.1. The Morgan fingerprint density at radius 2 is 1.85 bits per heavy atom. The summed E-state index contributed by atoms with van der Waals surface area (Å²) in [5.74, 6) is -0.502. The van der Waals surface area contributed by atoms with Gasteiger partial charge in [-0.05, 0) is 51.3 Å². The molecule has 3 aromatic heterocycles. The highest BCUT2D eigenvalue weighted by Gasteiger charge is 2.29. The summed E-state index contributed by atoms with van der Waals surface area (Å²) in [6.45, 7) is 7.28. The molecule has 0 radical (unpaired) electrons. The molecule has 3 aromatic rings. The third-order valence-corrected chi connectivity index (χ3v) is 7.28. The van der Waals surface area contributed by atoms with Crippen molar-refractivity contribution in [3.8, 4) is 11.4 Å². The number of anilines is 2. The number of aromatic nitrogens is 4. The van der Waals surface area contributed by atoms with Crippen molar-refractivity contribution < 1.29 is 18.6 Å². The number of allylic oxidation sites excluding steroid dienone is 2. The number of hydrogen-bond donors (Lipinski definition) is 1. The first-order valence-corrected chi connectivity index (χ1v) is 13.0. The summed E-state index contributed by atoms with van der Waals surface area (Å²) in [6.07, 6.45) is 7.56. The highest BCUT2D eigenvalue weighted by atomic mass is 35.5.